The Morgan fingerprint density at radius 1 is 1.10 bits per heavy atom. The van der Waals surface area contributed by atoms with Crippen molar-refractivity contribution in [2.75, 3.05) is 5.73 Å². The summed E-state index contributed by atoms with van der Waals surface area (Å²) in [6, 6.07) is 6.03. The summed E-state index contributed by atoms with van der Waals surface area (Å²) < 4.78 is 39.0. The molecule has 5 nitrogen and oxygen atoms in total. The number of alkyl halides is 3. The van der Waals surface area contributed by atoms with Crippen LogP contribution >= 0.6 is 0 Å². The maximum atomic E-state index is 12.7. The third kappa shape index (κ3) is 2.31. The fourth-order valence-corrected chi connectivity index (χ4v) is 1.76. The zero-order valence-electron chi connectivity index (χ0n) is 10.3. The van der Waals surface area contributed by atoms with Gasteiger partial charge in [0.1, 0.15) is 5.69 Å². The molecule has 0 bridgehead atoms. The van der Waals surface area contributed by atoms with Crippen molar-refractivity contribution < 1.29 is 13.2 Å². The molecule has 0 spiro atoms. The van der Waals surface area contributed by atoms with Gasteiger partial charge in [0.05, 0.1) is 5.69 Å². The Kier molecular flexibility index (Phi) is 3.16. The first-order valence-corrected chi connectivity index (χ1v) is 5.48. The molecule has 2 rings (SSSR count). The van der Waals surface area contributed by atoms with Crippen molar-refractivity contribution in [2.45, 2.75) is 6.18 Å². The second kappa shape index (κ2) is 4.55. The molecule has 0 aliphatic heterocycles. The number of nitrogens with zero attached hydrogens (tertiary/aromatic N) is 2. The molecule has 8 heteroatoms. The Morgan fingerprint density at radius 2 is 1.65 bits per heavy atom. The van der Waals surface area contributed by atoms with Crippen LogP contribution in [0, 0.1) is 0 Å². The molecular formula is C12H10F3N3O2. The Balaban J connectivity index is 2.75. The number of aromatic nitrogens is 2. The van der Waals surface area contributed by atoms with Crippen LogP contribution in [-0.4, -0.2) is 9.13 Å². The first-order valence-electron chi connectivity index (χ1n) is 5.48. The monoisotopic (exact) mass is 285 g/mol. The van der Waals surface area contributed by atoms with Crippen molar-refractivity contribution in [3.8, 4) is 5.69 Å². The van der Waals surface area contributed by atoms with Gasteiger partial charge in [0, 0.05) is 18.8 Å². The van der Waals surface area contributed by atoms with Gasteiger partial charge in [-0.2, -0.15) is 13.2 Å². The lowest BCUT2D eigenvalue weighted by Crippen LogP contribution is -2.40. The molecule has 0 aliphatic carbocycles. The number of rotatable bonds is 1. The van der Waals surface area contributed by atoms with Crippen LogP contribution in [0.4, 0.5) is 18.9 Å². The second-order valence-electron chi connectivity index (χ2n) is 4.13. The predicted octanol–water partition coefficient (Wildman–Crippen LogP) is 1.14. The van der Waals surface area contributed by atoms with Crippen LogP contribution in [0.3, 0.4) is 0 Å². The summed E-state index contributed by atoms with van der Waals surface area (Å²) in [4.78, 5) is 23.7. The Bertz CT molecular complexity index is 757. The molecule has 20 heavy (non-hydrogen) atoms. The van der Waals surface area contributed by atoms with Crippen LogP contribution in [0.25, 0.3) is 5.69 Å². The lowest BCUT2D eigenvalue weighted by Gasteiger charge is -2.13. The molecule has 2 N–H and O–H groups in total. The number of nitrogens with two attached hydrogens (primary N) is 1. The summed E-state index contributed by atoms with van der Waals surface area (Å²) in [6.45, 7) is 0. The fourth-order valence-electron chi connectivity index (χ4n) is 1.76. The smallest absolute Gasteiger partial charge is 0.399 e. The molecule has 0 atom stereocenters. The minimum atomic E-state index is -4.77. The molecule has 0 unspecified atom stereocenters. The summed E-state index contributed by atoms with van der Waals surface area (Å²) in [5.74, 6) is 0. The van der Waals surface area contributed by atoms with Gasteiger partial charge >= 0.3 is 11.9 Å². The molecule has 0 saturated heterocycles. The number of anilines is 1. The minimum absolute atomic E-state index is 0.151. The van der Waals surface area contributed by atoms with E-state index in [0.717, 1.165) is 7.05 Å². The topological polar surface area (TPSA) is 70.0 Å². The Hall–Kier alpha value is -2.51. The summed E-state index contributed by atoms with van der Waals surface area (Å²) in [7, 11) is 0.957. The summed E-state index contributed by atoms with van der Waals surface area (Å²) >= 11 is 0. The molecule has 0 fully saturated rings. The third-order valence-electron chi connectivity index (χ3n) is 2.76. The molecule has 0 amide bonds. The summed E-state index contributed by atoms with van der Waals surface area (Å²) in [5.41, 5.74) is 2.61. The first-order chi connectivity index (χ1) is 9.21. The summed E-state index contributed by atoms with van der Waals surface area (Å²) in [6.07, 6.45) is -4.77. The zero-order valence-corrected chi connectivity index (χ0v) is 10.3. The highest BCUT2D eigenvalue weighted by Gasteiger charge is 2.35. The summed E-state index contributed by atoms with van der Waals surface area (Å²) in [5, 5.41) is 0. The Labute approximate surface area is 110 Å². The van der Waals surface area contributed by atoms with Gasteiger partial charge in [0.25, 0.3) is 5.56 Å². The normalized spacial score (nSPS) is 11.6. The maximum absolute atomic E-state index is 12.7. The zero-order chi connectivity index (χ0) is 15.1. The van der Waals surface area contributed by atoms with E-state index in [-0.39, 0.29) is 5.69 Å². The molecule has 2 aromatic rings. The van der Waals surface area contributed by atoms with Gasteiger partial charge in [-0.05, 0) is 24.3 Å². The van der Waals surface area contributed by atoms with Crippen molar-refractivity contribution in [3.05, 3.63) is 56.9 Å². The van der Waals surface area contributed by atoms with E-state index in [2.05, 4.69) is 0 Å². The molecule has 1 aromatic carbocycles. The van der Waals surface area contributed by atoms with Gasteiger partial charge in [-0.1, -0.05) is 0 Å². The lowest BCUT2D eigenvalue weighted by molar-refractivity contribution is -0.144. The van der Waals surface area contributed by atoms with Crippen molar-refractivity contribution in [1.82, 2.24) is 9.13 Å². The van der Waals surface area contributed by atoms with E-state index in [1.54, 1.807) is 0 Å². The quantitative estimate of drug-likeness (QED) is 0.799. The van der Waals surface area contributed by atoms with Crippen LogP contribution in [0.5, 0.6) is 0 Å². The molecule has 0 aliphatic rings. The van der Waals surface area contributed by atoms with Crippen molar-refractivity contribution >= 4 is 5.69 Å². The van der Waals surface area contributed by atoms with Crippen LogP contribution in [-0.2, 0) is 13.2 Å². The average Bonchev–Trinajstić information content (AvgIpc) is 2.35. The van der Waals surface area contributed by atoms with E-state index in [9.17, 15) is 22.8 Å². The minimum Gasteiger partial charge on any atom is -0.399 e. The first kappa shape index (κ1) is 13.9. The number of hydrogen-bond acceptors (Lipinski definition) is 3. The van der Waals surface area contributed by atoms with Gasteiger partial charge < -0.3 is 5.73 Å². The van der Waals surface area contributed by atoms with E-state index in [1.807, 2.05) is 0 Å². The fraction of sp³-hybridized carbons (Fsp3) is 0.167. The molecule has 0 saturated carbocycles. The number of halogens is 3. The predicted molar refractivity (Wildman–Crippen MR) is 66.7 cm³/mol. The van der Waals surface area contributed by atoms with E-state index >= 15 is 0 Å². The van der Waals surface area contributed by atoms with Crippen molar-refractivity contribution in [2.24, 2.45) is 7.05 Å². The average molecular weight is 285 g/mol. The van der Waals surface area contributed by atoms with Gasteiger partial charge in [0.15, 0.2) is 0 Å². The maximum Gasteiger partial charge on any atom is 0.431 e. The standard InChI is InChI=1S/C12H10F3N3O2/c1-17-9(12(13,14)15)6-10(19)18(11(17)20)8-4-2-7(16)3-5-8/h2-6H,16H2,1H3. The molecule has 106 valence electrons. The largest absolute Gasteiger partial charge is 0.431 e. The van der Waals surface area contributed by atoms with E-state index in [1.165, 1.54) is 24.3 Å². The van der Waals surface area contributed by atoms with Gasteiger partial charge in [-0.3, -0.25) is 9.36 Å². The van der Waals surface area contributed by atoms with Crippen molar-refractivity contribution in [1.29, 1.82) is 0 Å². The Morgan fingerprint density at radius 3 is 2.15 bits per heavy atom. The van der Waals surface area contributed by atoms with Gasteiger partial charge in [-0.15, -0.1) is 0 Å². The molecule has 1 aromatic heterocycles. The van der Waals surface area contributed by atoms with Crippen LogP contribution in [0.15, 0.2) is 39.9 Å². The highest BCUT2D eigenvalue weighted by Crippen LogP contribution is 2.26. The van der Waals surface area contributed by atoms with Crippen LogP contribution < -0.4 is 17.0 Å². The van der Waals surface area contributed by atoms with E-state index in [4.69, 9.17) is 5.73 Å². The number of nitrogen functional groups attached to an aromatic ring is 1. The van der Waals surface area contributed by atoms with E-state index in [0.29, 0.717) is 20.9 Å². The number of hydrogen-bond donors (Lipinski definition) is 1. The van der Waals surface area contributed by atoms with Crippen LogP contribution in [0.2, 0.25) is 0 Å². The van der Waals surface area contributed by atoms with Crippen molar-refractivity contribution in [3.63, 3.8) is 0 Å². The van der Waals surface area contributed by atoms with Gasteiger partial charge in [0.2, 0.25) is 0 Å². The van der Waals surface area contributed by atoms with E-state index < -0.39 is 23.1 Å². The van der Waals surface area contributed by atoms with Gasteiger partial charge in [-0.25, -0.2) is 9.36 Å². The second-order valence-corrected chi connectivity index (χ2v) is 4.13. The molecular weight excluding hydrogens is 275 g/mol. The molecule has 1 heterocycles. The number of benzene rings is 1. The van der Waals surface area contributed by atoms with Crippen LogP contribution in [0.1, 0.15) is 5.69 Å². The molecule has 0 radical (unpaired) electrons. The highest BCUT2D eigenvalue weighted by molar-refractivity contribution is 5.45. The lowest BCUT2D eigenvalue weighted by atomic mass is 10.3. The highest BCUT2D eigenvalue weighted by atomic mass is 19.4. The SMILES string of the molecule is Cn1c(C(F)(F)F)cc(=O)n(-c2ccc(N)cc2)c1=O. The third-order valence-corrected chi connectivity index (χ3v) is 2.76.